The molecule has 1 atom stereocenters. The minimum atomic E-state index is -0.225. The number of hydrogen-bond acceptors (Lipinski definition) is 2. The molecular weight excluding hydrogens is 377 g/mol. The summed E-state index contributed by atoms with van der Waals surface area (Å²) < 4.78 is 14.4. The van der Waals surface area contributed by atoms with Crippen LogP contribution in [-0.2, 0) is 19.3 Å². The molecule has 0 spiro atoms. The topological polar surface area (TPSA) is 36.4 Å². The molecule has 2 aliphatic rings. The molecule has 1 fully saturated rings. The number of nitrogens with zero attached hydrogens (tertiary/aromatic N) is 3. The Bertz CT molecular complexity index is 913. The van der Waals surface area contributed by atoms with Crippen molar-refractivity contribution in [3.8, 4) is 0 Å². The fourth-order valence-corrected chi connectivity index (χ4v) is 4.84. The average Bonchev–Trinajstić information content (AvgIpc) is 3.11. The van der Waals surface area contributed by atoms with Crippen LogP contribution in [0.3, 0.4) is 0 Å². The third-order valence-electron chi connectivity index (χ3n) is 6.50. The summed E-state index contributed by atoms with van der Waals surface area (Å²) in [5.74, 6) is -0.225. The molecule has 1 aliphatic heterocycles. The minimum Gasteiger partial charge on any atom is -0.323 e. The predicted molar refractivity (Wildman–Crippen MR) is 117 cm³/mol. The normalized spacial score (nSPS) is 17.4. The van der Waals surface area contributed by atoms with Gasteiger partial charge in [0.25, 0.3) is 0 Å². The highest BCUT2D eigenvalue weighted by molar-refractivity contribution is 5.77. The van der Waals surface area contributed by atoms with Gasteiger partial charge in [-0.05, 0) is 69.6 Å². The van der Waals surface area contributed by atoms with Crippen molar-refractivity contribution in [2.45, 2.75) is 64.8 Å². The van der Waals surface area contributed by atoms with Crippen LogP contribution in [0.25, 0.3) is 0 Å². The molecule has 1 aliphatic carbocycles. The van der Waals surface area contributed by atoms with Gasteiger partial charge < -0.3 is 9.80 Å². The Morgan fingerprint density at radius 3 is 2.80 bits per heavy atom. The maximum Gasteiger partial charge on any atom is 0.320 e. The third kappa shape index (κ3) is 4.35. The largest absolute Gasteiger partial charge is 0.323 e. The molecule has 160 valence electrons. The molecule has 30 heavy (non-hydrogen) atoms. The second kappa shape index (κ2) is 9.15. The molecule has 1 aromatic heterocycles. The van der Waals surface area contributed by atoms with Crippen molar-refractivity contribution in [1.29, 1.82) is 0 Å². The second-order valence-corrected chi connectivity index (χ2v) is 8.63. The molecule has 1 saturated heterocycles. The summed E-state index contributed by atoms with van der Waals surface area (Å²) in [5, 5.41) is 0. The summed E-state index contributed by atoms with van der Waals surface area (Å²) in [6.45, 7) is 6.07. The van der Waals surface area contributed by atoms with E-state index in [1.165, 1.54) is 30.2 Å². The highest BCUT2D eigenvalue weighted by Crippen LogP contribution is 2.30. The smallest absolute Gasteiger partial charge is 0.320 e. The zero-order valence-electron chi connectivity index (χ0n) is 18.2. The van der Waals surface area contributed by atoms with Gasteiger partial charge in [-0.1, -0.05) is 30.7 Å². The van der Waals surface area contributed by atoms with E-state index in [4.69, 9.17) is 4.98 Å². The lowest BCUT2D eigenvalue weighted by Gasteiger charge is -2.28. The van der Waals surface area contributed by atoms with Gasteiger partial charge in [0, 0.05) is 36.6 Å². The van der Waals surface area contributed by atoms with Crippen molar-refractivity contribution in [1.82, 2.24) is 14.8 Å². The molecule has 1 unspecified atom stereocenters. The SMILES string of the molecule is CCC(c1cc(C)ccc1F)N1CCN(CCCc2ccc3c(n2)CCCC3)C1=O. The van der Waals surface area contributed by atoms with Crippen molar-refractivity contribution in [3.05, 3.63) is 64.2 Å². The molecule has 2 heterocycles. The first-order valence-electron chi connectivity index (χ1n) is 11.4. The van der Waals surface area contributed by atoms with Crippen molar-refractivity contribution < 1.29 is 9.18 Å². The number of amides is 2. The van der Waals surface area contributed by atoms with Crippen LogP contribution in [0.2, 0.25) is 0 Å². The maximum atomic E-state index is 14.4. The summed E-state index contributed by atoms with van der Waals surface area (Å²) in [6.07, 6.45) is 7.26. The van der Waals surface area contributed by atoms with E-state index in [1.807, 2.05) is 29.7 Å². The van der Waals surface area contributed by atoms with Crippen LogP contribution in [0.4, 0.5) is 9.18 Å². The van der Waals surface area contributed by atoms with Gasteiger partial charge in [0.05, 0.1) is 6.04 Å². The minimum absolute atomic E-state index is 0.0288. The monoisotopic (exact) mass is 409 g/mol. The lowest BCUT2D eigenvalue weighted by atomic mass is 9.95. The van der Waals surface area contributed by atoms with Crippen LogP contribution in [0.1, 0.15) is 66.7 Å². The van der Waals surface area contributed by atoms with Gasteiger partial charge in [0.15, 0.2) is 0 Å². The Labute approximate surface area is 179 Å². The van der Waals surface area contributed by atoms with Gasteiger partial charge in [-0.15, -0.1) is 0 Å². The molecule has 0 radical (unpaired) electrons. The average molecular weight is 410 g/mol. The van der Waals surface area contributed by atoms with E-state index < -0.39 is 0 Å². The number of fused-ring (bicyclic) bond motifs is 1. The number of carbonyl (C=O) groups is 1. The molecule has 0 N–H and O–H groups in total. The number of benzene rings is 1. The Balaban J connectivity index is 1.35. The standard InChI is InChI=1S/C25H32FN3O/c1-3-24(21-17-18(2)10-13-22(21)26)29-16-15-28(25(29)30)14-6-8-20-12-11-19-7-4-5-9-23(19)27-20/h10-13,17,24H,3-9,14-16H2,1-2H3. The van der Waals surface area contributed by atoms with Crippen LogP contribution >= 0.6 is 0 Å². The lowest BCUT2D eigenvalue weighted by molar-refractivity contribution is 0.174. The first kappa shape index (κ1) is 20.8. The molecule has 0 bridgehead atoms. The van der Waals surface area contributed by atoms with E-state index in [2.05, 4.69) is 12.1 Å². The van der Waals surface area contributed by atoms with Gasteiger partial charge in [-0.3, -0.25) is 4.98 Å². The van der Waals surface area contributed by atoms with E-state index in [1.54, 1.807) is 6.07 Å². The summed E-state index contributed by atoms with van der Waals surface area (Å²) in [7, 11) is 0. The molecule has 2 amide bonds. The molecular formula is C25H32FN3O. The number of aryl methyl sites for hydroxylation is 4. The van der Waals surface area contributed by atoms with Crippen LogP contribution in [0.5, 0.6) is 0 Å². The first-order valence-corrected chi connectivity index (χ1v) is 11.4. The predicted octanol–water partition coefficient (Wildman–Crippen LogP) is 5.23. The van der Waals surface area contributed by atoms with Crippen LogP contribution in [-0.4, -0.2) is 40.4 Å². The van der Waals surface area contributed by atoms with E-state index in [0.29, 0.717) is 25.1 Å². The highest BCUT2D eigenvalue weighted by Gasteiger charge is 2.34. The van der Waals surface area contributed by atoms with Gasteiger partial charge in [-0.2, -0.15) is 0 Å². The molecule has 5 heteroatoms. The summed E-state index contributed by atoms with van der Waals surface area (Å²) in [6, 6.07) is 9.38. The number of rotatable bonds is 7. The molecule has 2 aromatic rings. The maximum absolute atomic E-state index is 14.4. The Hall–Kier alpha value is -2.43. The van der Waals surface area contributed by atoms with Crippen molar-refractivity contribution in [2.75, 3.05) is 19.6 Å². The van der Waals surface area contributed by atoms with Gasteiger partial charge in [0.1, 0.15) is 5.82 Å². The highest BCUT2D eigenvalue weighted by atomic mass is 19.1. The van der Waals surface area contributed by atoms with Crippen LogP contribution < -0.4 is 0 Å². The lowest BCUT2D eigenvalue weighted by Crippen LogP contribution is -2.35. The Kier molecular flexibility index (Phi) is 6.35. The molecule has 4 nitrogen and oxygen atoms in total. The van der Waals surface area contributed by atoms with Crippen LogP contribution in [0.15, 0.2) is 30.3 Å². The summed E-state index contributed by atoms with van der Waals surface area (Å²) in [4.78, 5) is 21.6. The zero-order chi connectivity index (χ0) is 21.1. The number of urea groups is 1. The van der Waals surface area contributed by atoms with E-state index in [0.717, 1.165) is 43.5 Å². The molecule has 4 rings (SSSR count). The van der Waals surface area contributed by atoms with Gasteiger partial charge in [-0.25, -0.2) is 9.18 Å². The van der Waals surface area contributed by atoms with Crippen molar-refractivity contribution >= 4 is 6.03 Å². The van der Waals surface area contributed by atoms with Crippen molar-refractivity contribution in [3.63, 3.8) is 0 Å². The van der Waals surface area contributed by atoms with E-state index >= 15 is 0 Å². The van der Waals surface area contributed by atoms with Gasteiger partial charge in [0.2, 0.25) is 0 Å². The quantitative estimate of drug-likeness (QED) is 0.628. The molecule has 1 aromatic carbocycles. The fraction of sp³-hybridized carbons (Fsp3) is 0.520. The fourth-order valence-electron chi connectivity index (χ4n) is 4.84. The molecule has 0 saturated carbocycles. The third-order valence-corrected chi connectivity index (χ3v) is 6.50. The van der Waals surface area contributed by atoms with Gasteiger partial charge >= 0.3 is 6.03 Å². The summed E-state index contributed by atoms with van der Waals surface area (Å²) >= 11 is 0. The number of halogens is 1. The van der Waals surface area contributed by atoms with E-state index in [9.17, 15) is 9.18 Å². The number of carbonyl (C=O) groups excluding carboxylic acids is 1. The number of hydrogen-bond donors (Lipinski definition) is 0. The summed E-state index contributed by atoms with van der Waals surface area (Å²) in [5.41, 5.74) is 5.46. The zero-order valence-corrected chi connectivity index (χ0v) is 18.2. The van der Waals surface area contributed by atoms with Crippen molar-refractivity contribution in [2.24, 2.45) is 0 Å². The van der Waals surface area contributed by atoms with E-state index in [-0.39, 0.29) is 17.9 Å². The first-order chi connectivity index (χ1) is 14.6. The number of aromatic nitrogens is 1. The second-order valence-electron chi connectivity index (χ2n) is 8.63. The Morgan fingerprint density at radius 2 is 1.97 bits per heavy atom. The van der Waals surface area contributed by atoms with Crippen LogP contribution in [0, 0.1) is 12.7 Å². The number of pyridine rings is 1. The Morgan fingerprint density at radius 1 is 1.13 bits per heavy atom.